The number of benzene rings is 1. The summed E-state index contributed by atoms with van der Waals surface area (Å²) in [6.07, 6.45) is -0.0757. The molecular formula is C13H18Cl2N2O3. The van der Waals surface area contributed by atoms with Crippen molar-refractivity contribution in [2.24, 2.45) is 5.73 Å². The molecule has 0 bridgehead atoms. The minimum atomic E-state index is -0.0757. The molecule has 1 aromatic carbocycles. The molecule has 5 nitrogen and oxygen atoms in total. The van der Waals surface area contributed by atoms with Gasteiger partial charge in [-0.15, -0.1) is 12.4 Å². The van der Waals surface area contributed by atoms with Crippen LogP contribution in [0.2, 0.25) is 5.02 Å². The molecule has 2 rings (SSSR count). The Hall–Kier alpha value is -1.01. The van der Waals surface area contributed by atoms with Crippen LogP contribution in [0.3, 0.4) is 0 Å². The minimum absolute atomic E-state index is 0. The number of amides is 1. The van der Waals surface area contributed by atoms with Gasteiger partial charge in [-0.1, -0.05) is 11.6 Å². The van der Waals surface area contributed by atoms with E-state index >= 15 is 0 Å². The maximum Gasteiger partial charge on any atom is 0.260 e. The predicted molar refractivity (Wildman–Crippen MR) is 79.6 cm³/mol. The van der Waals surface area contributed by atoms with Crippen molar-refractivity contribution in [3.63, 3.8) is 0 Å². The molecule has 0 aliphatic carbocycles. The highest BCUT2D eigenvalue weighted by Gasteiger charge is 2.23. The van der Waals surface area contributed by atoms with Crippen LogP contribution >= 0.6 is 24.0 Å². The van der Waals surface area contributed by atoms with E-state index in [2.05, 4.69) is 0 Å². The van der Waals surface area contributed by atoms with E-state index in [0.717, 1.165) is 0 Å². The lowest BCUT2D eigenvalue weighted by atomic mass is 10.2. The van der Waals surface area contributed by atoms with Gasteiger partial charge in [-0.25, -0.2) is 0 Å². The average molecular weight is 321 g/mol. The fraction of sp³-hybridized carbons (Fsp3) is 0.462. The summed E-state index contributed by atoms with van der Waals surface area (Å²) in [6.45, 7) is 2.06. The highest BCUT2D eigenvalue weighted by atomic mass is 35.5. The number of morpholine rings is 1. The third kappa shape index (κ3) is 4.83. The molecule has 20 heavy (non-hydrogen) atoms. The lowest BCUT2D eigenvalue weighted by Crippen LogP contribution is -2.49. The van der Waals surface area contributed by atoms with Crippen LogP contribution in [0, 0.1) is 0 Å². The van der Waals surface area contributed by atoms with E-state index in [0.29, 0.717) is 37.0 Å². The number of carbonyl (C=O) groups excluding carboxylic acids is 1. The van der Waals surface area contributed by atoms with Crippen molar-refractivity contribution >= 4 is 29.9 Å². The molecule has 2 N–H and O–H groups in total. The van der Waals surface area contributed by atoms with Crippen LogP contribution in [0.5, 0.6) is 5.75 Å². The highest BCUT2D eigenvalue weighted by Crippen LogP contribution is 2.15. The first-order valence-corrected chi connectivity index (χ1v) is 6.54. The molecule has 1 amide bonds. The Bertz CT molecular complexity index is 428. The third-order valence-electron chi connectivity index (χ3n) is 2.93. The monoisotopic (exact) mass is 320 g/mol. The second-order valence-electron chi connectivity index (χ2n) is 4.31. The van der Waals surface area contributed by atoms with Gasteiger partial charge in [0.15, 0.2) is 6.61 Å². The first-order chi connectivity index (χ1) is 9.19. The van der Waals surface area contributed by atoms with Crippen molar-refractivity contribution in [1.82, 2.24) is 4.90 Å². The SMILES string of the molecule is Cl.NCC1CN(C(=O)COc2ccc(Cl)cc2)CCO1. The van der Waals surface area contributed by atoms with Gasteiger partial charge < -0.3 is 20.1 Å². The van der Waals surface area contributed by atoms with Gasteiger partial charge in [0.2, 0.25) is 0 Å². The molecule has 1 aliphatic rings. The van der Waals surface area contributed by atoms with Gasteiger partial charge >= 0.3 is 0 Å². The van der Waals surface area contributed by atoms with Gasteiger partial charge in [-0.3, -0.25) is 4.79 Å². The summed E-state index contributed by atoms with van der Waals surface area (Å²) in [7, 11) is 0. The van der Waals surface area contributed by atoms with Gasteiger partial charge in [0.25, 0.3) is 5.91 Å². The summed E-state index contributed by atoms with van der Waals surface area (Å²) < 4.78 is 10.8. The van der Waals surface area contributed by atoms with Gasteiger partial charge in [0, 0.05) is 24.7 Å². The van der Waals surface area contributed by atoms with Crippen molar-refractivity contribution in [3.8, 4) is 5.75 Å². The summed E-state index contributed by atoms with van der Waals surface area (Å²) in [6, 6.07) is 6.91. The molecule has 1 fully saturated rings. The lowest BCUT2D eigenvalue weighted by molar-refractivity contribution is -0.140. The molecule has 0 aromatic heterocycles. The standard InChI is InChI=1S/C13H17ClN2O3.ClH/c14-10-1-3-11(4-2-10)19-9-13(17)16-5-6-18-12(7-15)8-16;/h1-4,12H,5-9,15H2;1H. The molecule has 1 aliphatic heterocycles. The maximum atomic E-state index is 12.0. The number of ether oxygens (including phenoxy) is 2. The number of hydrogen-bond donors (Lipinski definition) is 1. The number of nitrogens with zero attached hydrogens (tertiary/aromatic N) is 1. The van der Waals surface area contributed by atoms with E-state index in [9.17, 15) is 4.79 Å². The smallest absolute Gasteiger partial charge is 0.260 e. The summed E-state index contributed by atoms with van der Waals surface area (Å²) >= 11 is 5.77. The van der Waals surface area contributed by atoms with E-state index in [-0.39, 0.29) is 31.0 Å². The van der Waals surface area contributed by atoms with Crippen molar-refractivity contribution in [2.45, 2.75) is 6.10 Å². The molecule has 1 aromatic rings. The molecule has 0 spiro atoms. The molecule has 1 atom stereocenters. The van der Waals surface area contributed by atoms with Gasteiger partial charge in [0.05, 0.1) is 12.7 Å². The fourth-order valence-corrected chi connectivity index (χ4v) is 1.98. The summed E-state index contributed by atoms with van der Waals surface area (Å²) in [4.78, 5) is 13.7. The Morgan fingerprint density at radius 3 is 2.80 bits per heavy atom. The van der Waals surface area contributed by atoms with Crippen LogP contribution in [-0.2, 0) is 9.53 Å². The first kappa shape index (κ1) is 17.0. The zero-order chi connectivity index (χ0) is 13.7. The van der Waals surface area contributed by atoms with Crippen LogP contribution in [0.25, 0.3) is 0 Å². The number of nitrogens with two attached hydrogens (primary N) is 1. The zero-order valence-corrected chi connectivity index (χ0v) is 12.5. The Balaban J connectivity index is 0.00000200. The summed E-state index contributed by atoms with van der Waals surface area (Å²) in [5.74, 6) is 0.568. The molecule has 112 valence electrons. The van der Waals surface area contributed by atoms with Gasteiger partial charge in [-0.05, 0) is 24.3 Å². The van der Waals surface area contributed by atoms with Crippen molar-refractivity contribution in [1.29, 1.82) is 0 Å². The largest absolute Gasteiger partial charge is 0.484 e. The Labute approximate surface area is 129 Å². The van der Waals surface area contributed by atoms with Crippen LogP contribution < -0.4 is 10.5 Å². The third-order valence-corrected chi connectivity index (χ3v) is 3.18. The minimum Gasteiger partial charge on any atom is -0.484 e. The Morgan fingerprint density at radius 2 is 2.15 bits per heavy atom. The maximum absolute atomic E-state index is 12.0. The van der Waals surface area contributed by atoms with Crippen molar-refractivity contribution in [2.75, 3.05) is 32.8 Å². The van der Waals surface area contributed by atoms with E-state index < -0.39 is 0 Å². The van der Waals surface area contributed by atoms with Crippen molar-refractivity contribution in [3.05, 3.63) is 29.3 Å². The molecule has 0 radical (unpaired) electrons. The molecular weight excluding hydrogens is 303 g/mol. The number of carbonyl (C=O) groups is 1. The lowest BCUT2D eigenvalue weighted by Gasteiger charge is -2.32. The van der Waals surface area contributed by atoms with Crippen LogP contribution in [0.1, 0.15) is 0 Å². The molecule has 0 saturated carbocycles. The molecule has 7 heteroatoms. The van der Waals surface area contributed by atoms with Crippen LogP contribution in [-0.4, -0.2) is 49.8 Å². The van der Waals surface area contributed by atoms with E-state index in [1.807, 2.05) is 0 Å². The Morgan fingerprint density at radius 1 is 1.45 bits per heavy atom. The quantitative estimate of drug-likeness (QED) is 0.909. The summed E-state index contributed by atoms with van der Waals surface area (Å²) in [5, 5.41) is 0.637. The zero-order valence-electron chi connectivity index (χ0n) is 11.0. The van der Waals surface area contributed by atoms with Crippen LogP contribution in [0.4, 0.5) is 0 Å². The van der Waals surface area contributed by atoms with E-state index in [1.54, 1.807) is 29.2 Å². The topological polar surface area (TPSA) is 64.8 Å². The molecule has 1 saturated heterocycles. The first-order valence-electron chi connectivity index (χ1n) is 6.17. The normalized spacial score (nSPS) is 18.3. The Kier molecular flexibility index (Phi) is 7.09. The van der Waals surface area contributed by atoms with Gasteiger partial charge in [0.1, 0.15) is 5.75 Å². The molecule has 1 unspecified atom stereocenters. The average Bonchev–Trinajstić information content (AvgIpc) is 2.46. The van der Waals surface area contributed by atoms with Crippen molar-refractivity contribution < 1.29 is 14.3 Å². The summed E-state index contributed by atoms with van der Waals surface area (Å²) in [5.41, 5.74) is 5.54. The number of halogens is 2. The van der Waals surface area contributed by atoms with E-state index in [4.69, 9.17) is 26.8 Å². The molecule has 1 heterocycles. The van der Waals surface area contributed by atoms with Gasteiger partial charge in [-0.2, -0.15) is 0 Å². The van der Waals surface area contributed by atoms with E-state index in [1.165, 1.54) is 0 Å². The fourth-order valence-electron chi connectivity index (χ4n) is 1.86. The second-order valence-corrected chi connectivity index (χ2v) is 4.75. The predicted octanol–water partition coefficient (Wildman–Crippen LogP) is 1.33. The highest BCUT2D eigenvalue weighted by molar-refractivity contribution is 6.30. The number of hydrogen-bond acceptors (Lipinski definition) is 4. The van der Waals surface area contributed by atoms with Crippen LogP contribution in [0.15, 0.2) is 24.3 Å². The number of rotatable bonds is 4. The second kappa shape index (κ2) is 8.32.